The predicted molar refractivity (Wildman–Crippen MR) is 67.7 cm³/mol. The van der Waals surface area contributed by atoms with Gasteiger partial charge in [-0.15, -0.1) is 0 Å². The molecule has 0 fully saturated rings. The van der Waals surface area contributed by atoms with E-state index >= 15 is 0 Å². The first kappa shape index (κ1) is 11.8. The SMILES string of the molecule is CCc1nn(CCCNC)c2ncnc(N)c12. The average molecular weight is 234 g/mol. The summed E-state index contributed by atoms with van der Waals surface area (Å²) in [4.78, 5) is 8.30. The Morgan fingerprint density at radius 1 is 1.41 bits per heavy atom. The molecule has 0 aliphatic carbocycles. The molecule has 0 aromatic carbocycles. The molecule has 0 aliphatic heterocycles. The van der Waals surface area contributed by atoms with Gasteiger partial charge in [0.15, 0.2) is 5.65 Å². The molecule has 0 aliphatic rings. The highest BCUT2D eigenvalue weighted by Crippen LogP contribution is 2.21. The summed E-state index contributed by atoms with van der Waals surface area (Å²) in [5.74, 6) is 0.520. The molecule has 0 spiro atoms. The number of anilines is 1. The molecule has 2 heterocycles. The second kappa shape index (κ2) is 5.09. The monoisotopic (exact) mass is 234 g/mol. The minimum absolute atomic E-state index is 0.520. The van der Waals surface area contributed by atoms with Gasteiger partial charge in [-0.25, -0.2) is 14.6 Å². The predicted octanol–water partition coefficient (Wildman–Crippen LogP) is 0.580. The van der Waals surface area contributed by atoms with Gasteiger partial charge < -0.3 is 11.1 Å². The van der Waals surface area contributed by atoms with E-state index in [4.69, 9.17) is 5.73 Å². The number of aryl methyl sites for hydroxylation is 2. The first-order valence-electron chi connectivity index (χ1n) is 5.88. The molecule has 0 saturated heterocycles. The fraction of sp³-hybridized carbons (Fsp3) is 0.545. The molecular weight excluding hydrogens is 216 g/mol. The van der Waals surface area contributed by atoms with Crippen molar-refractivity contribution in [3.8, 4) is 0 Å². The van der Waals surface area contributed by atoms with Crippen LogP contribution in [0.25, 0.3) is 11.0 Å². The van der Waals surface area contributed by atoms with Gasteiger partial charge in [-0.05, 0) is 26.4 Å². The number of fused-ring (bicyclic) bond motifs is 1. The van der Waals surface area contributed by atoms with Crippen LogP contribution in [0.2, 0.25) is 0 Å². The number of rotatable bonds is 5. The van der Waals surface area contributed by atoms with Gasteiger partial charge in [0, 0.05) is 6.54 Å². The minimum Gasteiger partial charge on any atom is -0.383 e. The third-order valence-corrected chi connectivity index (χ3v) is 2.76. The average Bonchev–Trinajstić information content (AvgIpc) is 2.70. The fourth-order valence-corrected chi connectivity index (χ4v) is 1.91. The summed E-state index contributed by atoms with van der Waals surface area (Å²) in [6.45, 7) is 3.86. The highest BCUT2D eigenvalue weighted by atomic mass is 15.3. The highest BCUT2D eigenvalue weighted by Gasteiger charge is 2.13. The summed E-state index contributed by atoms with van der Waals surface area (Å²) in [6.07, 6.45) is 3.35. The number of nitrogens with two attached hydrogens (primary N) is 1. The van der Waals surface area contributed by atoms with E-state index in [0.717, 1.165) is 42.7 Å². The van der Waals surface area contributed by atoms with Crippen LogP contribution in [0.5, 0.6) is 0 Å². The van der Waals surface area contributed by atoms with E-state index in [-0.39, 0.29) is 0 Å². The van der Waals surface area contributed by atoms with Gasteiger partial charge in [-0.2, -0.15) is 5.10 Å². The van der Waals surface area contributed by atoms with Gasteiger partial charge in [0.1, 0.15) is 12.1 Å². The number of hydrogen-bond donors (Lipinski definition) is 2. The van der Waals surface area contributed by atoms with Gasteiger partial charge in [-0.3, -0.25) is 0 Å². The molecule has 17 heavy (non-hydrogen) atoms. The summed E-state index contributed by atoms with van der Waals surface area (Å²) >= 11 is 0. The zero-order chi connectivity index (χ0) is 12.3. The zero-order valence-corrected chi connectivity index (χ0v) is 10.3. The summed E-state index contributed by atoms with van der Waals surface area (Å²) in [6, 6.07) is 0. The Morgan fingerprint density at radius 2 is 2.24 bits per heavy atom. The van der Waals surface area contributed by atoms with E-state index in [1.807, 2.05) is 11.7 Å². The standard InChI is InChI=1S/C11H18N6/c1-3-8-9-10(12)14-7-15-11(9)17(16-8)6-4-5-13-2/h7,13H,3-6H2,1-2H3,(H2,12,14,15). The van der Waals surface area contributed by atoms with E-state index in [1.54, 1.807) is 0 Å². The molecule has 6 heteroatoms. The normalized spacial score (nSPS) is 11.2. The number of hydrogen-bond acceptors (Lipinski definition) is 5. The Labute approximate surface area is 100 Å². The number of nitrogens with one attached hydrogen (secondary N) is 1. The maximum absolute atomic E-state index is 5.88. The van der Waals surface area contributed by atoms with Crippen LogP contribution in [0.1, 0.15) is 19.0 Å². The molecule has 2 aromatic heterocycles. The lowest BCUT2D eigenvalue weighted by atomic mass is 10.2. The Bertz CT molecular complexity index is 504. The van der Waals surface area contributed by atoms with Crippen LogP contribution >= 0.6 is 0 Å². The van der Waals surface area contributed by atoms with Crippen molar-refractivity contribution in [1.82, 2.24) is 25.1 Å². The lowest BCUT2D eigenvalue weighted by Crippen LogP contribution is -2.12. The van der Waals surface area contributed by atoms with Crippen molar-refractivity contribution >= 4 is 16.9 Å². The Balaban J connectivity index is 2.39. The van der Waals surface area contributed by atoms with Crippen molar-refractivity contribution in [1.29, 1.82) is 0 Å². The molecule has 2 rings (SSSR count). The smallest absolute Gasteiger partial charge is 0.163 e. The van der Waals surface area contributed by atoms with Crippen molar-refractivity contribution in [3.05, 3.63) is 12.0 Å². The summed E-state index contributed by atoms with van der Waals surface area (Å²) in [5, 5.41) is 8.57. The van der Waals surface area contributed by atoms with Crippen LogP contribution in [0.15, 0.2) is 6.33 Å². The summed E-state index contributed by atoms with van der Waals surface area (Å²) in [5.41, 5.74) is 7.70. The Kier molecular flexibility index (Phi) is 3.53. The summed E-state index contributed by atoms with van der Waals surface area (Å²) < 4.78 is 1.92. The third kappa shape index (κ3) is 2.21. The lowest BCUT2D eigenvalue weighted by Gasteiger charge is -2.02. The fourth-order valence-electron chi connectivity index (χ4n) is 1.91. The van der Waals surface area contributed by atoms with Crippen LogP contribution in [0.3, 0.4) is 0 Å². The molecule has 92 valence electrons. The molecule has 0 atom stereocenters. The number of aromatic nitrogens is 4. The Morgan fingerprint density at radius 3 is 2.94 bits per heavy atom. The van der Waals surface area contributed by atoms with Gasteiger partial charge in [0.05, 0.1) is 11.1 Å². The van der Waals surface area contributed by atoms with Gasteiger partial charge in [0.2, 0.25) is 0 Å². The van der Waals surface area contributed by atoms with E-state index in [1.165, 1.54) is 6.33 Å². The largest absolute Gasteiger partial charge is 0.383 e. The van der Waals surface area contributed by atoms with E-state index < -0.39 is 0 Å². The minimum atomic E-state index is 0.520. The van der Waals surface area contributed by atoms with Crippen molar-refractivity contribution in [2.24, 2.45) is 0 Å². The highest BCUT2D eigenvalue weighted by molar-refractivity contribution is 5.88. The molecule has 6 nitrogen and oxygen atoms in total. The lowest BCUT2D eigenvalue weighted by molar-refractivity contribution is 0.568. The van der Waals surface area contributed by atoms with E-state index in [2.05, 4.69) is 27.3 Å². The molecule has 0 unspecified atom stereocenters. The molecule has 3 N–H and O–H groups in total. The molecule has 2 aromatic rings. The molecule has 0 radical (unpaired) electrons. The third-order valence-electron chi connectivity index (χ3n) is 2.76. The van der Waals surface area contributed by atoms with Crippen LogP contribution < -0.4 is 11.1 Å². The van der Waals surface area contributed by atoms with E-state index in [9.17, 15) is 0 Å². The second-order valence-electron chi connectivity index (χ2n) is 3.94. The quantitative estimate of drug-likeness (QED) is 0.740. The molecule has 0 amide bonds. The van der Waals surface area contributed by atoms with Crippen molar-refractivity contribution in [2.45, 2.75) is 26.3 Å². The maximum Gasteiger partial charge on any atom is 0.163 e. The Hall–Kier alpha value is -1.69. The van der Waals surface area contributed by atoms with Crippen LogP contribution in [-0.2, 0) is 13.0 Å². The first-order chi connectivity index (χ1) is 8.27. The first-order valence-corrected chi connectivity index (χ1v) is 5.88. The molecular formula is C11H18N6. The van der Waals surface area contributed by atoms with Crippen molar-refractivity contribution in [3.63, 3.8) is 0 Å². The number of nitrogen functional groups attached to an aromatic ring is 1. The van der Waals surface area contributed by atoms with Gasteiger partial charge >= 0.3 is 0 Å². The number of nitrogens with zero attached hydrogens (tertiary/aromatic N) is 4. The molecule has 0 bridgehead atoms. The maximum atomic E-state index is 5.88. The topological polar surface area (TPSA) is 81.7 Å². The van der Waals surface area contributed by atoms with E-state index in [0.29, 0.717) is 5.82 Å². The summed E-state index contributed by atoms with van der Waals surface area (Å²) in [7, 11) is 1.94. The molecule has 0 saturated carbocycles. The van der Waals surface area contributed by atoms with Crippen LogP contribution in [0, 0.1) is 0 Å². The van der Waals surface area contributed by atoms with Gasteiger partial charge in [0.25, 0.3) is 0 Å². The van der Waals surface area contributed by atoms with Crippen molar-refractivity contribution < 1.29 is 0 Å². The van der Waals surface area contributed by atoms with Crippen LogP contribution in [-0.4, -0.2) is 33.3 Å². The van der Waals surface area contributed by atoms with Crippen LogP contribution in [0.4, 0.5) is 5.82 Å². The zero-order valence-electron chi connectivity index (χ0n) is 10.3. The van der Waals surface area contributed by atoms with Crippen molar-refractivity contribution in [2.75, 3.05) is 19.3 Å². The van der Waals surface area contributed by atoms with Gasteiger partial charge in [-0.1, -0.05) is 6.92 Å². The second-order valence-corrected chi connectivity index (χ2v) is 3.94.